The number of nitrogens with zero attached hydrogens (tertiary/aromatic N) is 1. The van der Waals surface area contributed by atoms with Gasteiger partial charge in [-0.15, -0.1) is 0 Å². The van der Waals surface area contributed by atoms with Gasteiger partial charge in [0.1, 0.15) is 6.54 Å². The third kappa shape index (κ3) is 3.78. The Bertz CT molecular complexity index is 335. The highest BCUT2D eigenvalue weighted by molar-refractivity contribution is 5.83. The van der Waals surface area contributed by atoms with Gasteiger partial charge in [-0.3, -0.25) is 5.41 Å². The van der Waals surface area contributed by atoms with Crippen molar-refractivity contribution in [3.63, 3.8) is 0 Å². The van der Waals surface area contributed by atoms with Crippen molar-refractivity contribution in [2.24, 2.45) is 11.1 Å². The van der Waals surface area contributed by atoms with Gasteiger partial charge in [-0.2, -0.15) is 13.2 Å². The first-order valence-electron chi connectivity index (χ1n) is 5.58. The van der Waals surface area contributed by atoms with Gasteiger partial charge >= 0.3 is 12.2 Å². The van der Waals surface area contributed by atoms with Gasteiger partial charge in [0.2, 0.25) is 0 Å². The molecule has 1 heterocycles. The van der Waals surface area contributed by atoms with Gasteiger partial charge < -0.3 is 16.0 Å². The van der Waals surface area contributed by atoms with Crippen LogP contribution in [0.15, 0.2) is 0 Å². The molecule has 0 aromatic rings. The minimum atomic E-state index is -4.40. The molecular weight excluding hydrogens is 249 g/mol. The molecule has 1 aliphatic heterocycles. The van der Waals surface area contributed by atoms with Crippen molar-refractivity contribution in [2.45, 2.75) is 25.9 Å². The van der Waals surface area contributed by atoms with E-state index in [4.69, 9.17) is 11.1 Å². The molecule has 0 aromatic carbocycles. The molecule has 1 saturated heterocycles. The van der Waals surface area contributed by atoms with E-state index in [1.165, 1.54) is 4.90 Å². The predicted octanol–water partition coefficient (Wildman–Crippen LogP) is 1.30. The number of alkyl halides is 3. The molecule has 4 N–H and O–H groups in total. The van der Waals surface area contributed by atoms with Crippen LogP contribution in [0.2, 0.25) is 0 Å². The topological polar surface area (TPSA) is 82.2 Å². The number of carbonyl (C=O) groups is 1. The zero-order chi connectivity index (χ0) is 14.0. The number of amides is 2. The number of carbonyl (C=O) groups excluding carboxylic acids is 1. The van der Waals surface area contributed by atoms with E-state index in [2.05, 4.69) is 0 Å². The van der Waals surface area contributed by atoms with E-state index in [9.17, 15) is 18.0 Å². The maximum Gasteiger partial charge on any atom is 0.405 e. The highest BCUT2D eigenvalue weighted by Gasteiger charge is 2.35. The molecule has 5 nitrogen and oxygen atoms in total. The van der Waals surface area contributed by atoms with Crippen LogP contribution in [-0.2, 0) is 0 Å². The van der Waals surface area contributed by atoms with Crippen LogP contribution in [0.5, 0.6) is 0 Å². The van der Waals surface area contributed by atoms with Crippen molar-refractivity contribution in [3.8, 4) is 0 Å². The first-order valence-corrected chi connectivity index (χ1v) is 5.58. The summed E-state index contributed by atoms with van der Waals surface area (Å²) in [6.07, 6.45) is -3.43. The van der Waals surface area contributed by atoms with E-state index in [1.54, 1.807) is 0 Å². The summed E-state index contributed by atoms with van der Waals surface area (Å²) in [6.45, 7) is 1.10. The number of halogens is 3. The smallest absolute Gasteiger partial charge is 0.387 e. The number of piperidine rings is 1. The first-order chi connectivity index (χ1) is 8.14. The van der Waals surface area contributed by atoms with Gasteiger partial charge in [0, 0.05) is 18.5 Å². The van der Waals surface area contributed by atoms with Crippen molar-refractivity contribution in [1.82, 2.24) is 10.2 Å². The molecule has 0 aliphatic carbocycles. The maximum atomic E-state index is 11.9. The second-order valence-corrected chi connectivity index (χ2v) is 4.74. The van der Waals surface area contributed by atoms with Crippen LogP contribution in [0.1, 0.15) is 19.8 Å². The summed E-state index contributed by atoms with van der Waals surface area (Å²) in [4.78, 5) is 12.8. The van der Waals surface area contributed by atoms with Gasteiger partial charge in [-0.1, -0.05) is 6.92 Å². The predicted molar refractivity (Wildman–Crippen MR) is 60.3 cm³/mol. The fourth-order valence-corrected chi connectivity index (χ4v) is 1.76. The standard InChI is InChI=1S/C10H17F3N4O/c1-9(7(14)15)2-4-17(5-3-9)8(18)16-6-10(11,12)13/h2-6H2,1H3,(H3,14,15)(H,16,18). The second-order valence-electron chi connectivity index (χ2n) is 4.74. The fraction of sp³-hybridized carbons (Fsp3) is 0.800. The molecular formula is C10H17F3N4O. The lowest BCUT2D eigenvalue weighted by Crippen LogP contribution is -2.51. The van der Waals surface area contributed by atoms with Gasteiger partial charge in [0.15, 0.2) is 0 Å². The normalized spacial score (nSPS) is 19.4. The van der Waals surface area contributed by atoms with Crippen LogP contribution in [-0.4, -0.2) is 42.6 Å². The van der Waals surface area contributed by atoms with Gasteiger partial charge in [0.05, 0.1) is 5.84 Å². The molecule has 18 heavy (non-hydrogen) atoms. The summed E-state index contributed by atoms with van der Waals surface area (Å²) < 4.78 is 35.8. The summed E-state index contributed by atoms with van der Waals surface area (Å²) in [6, 6.07) is -0.724. The molecule has 0 unspecified atom stereocenters. The number of urea groups is 1. The summed E-state index contributed by atoms with van der Waals surface area (Å²) in [7, 11) is 0. The van der Waals surface area contributed by atoms with Crippen LogP contribution < -0.4 is 11.1 Å². The first kappa shape index (κ1) is 14.6. The molecule has 0 saturated carbocycles. The average molecular weight is 266 g/mol. The van der Waals surface area contributed by atoms with E-state index in [0.717, 1.165) is 0 Å². The summed E-state index contributed by atoms with van der Waals surface area (Å²) >= 11 is 0. The molecule has 0 aromatic heterocycles. The zero-order valence-corrected chi connectivity index (χ0v) is 10.1. The molecule has 0 atom stereocenters. The number of likely N-dealkylation sites (tertiary alicyclic amines) is 1. The molecule has 0 spiro atoms. The van der Waals surface area contributed by atoms with Crippen LogP contribution in [0.4, 0.5) is 18.0 Å². The van der Waals surface area contributed by atoms with E-state index in [-0.39, 0.29) is 5.84 Å². The molecule has 1 rings (SSSR count). The Morgan fingerprint density at radius 2 is 1.94 bits per heavy atom. The number of amidine groups is 1. The van der Waals surface area contributed by atoms with Gasteiger partial charge in [0.25, 0.3) is 0 Å². The highest BCUT2D eigenvalue weighted by Crippen LogP contribution is 2.30. The molecule has 8 heteroatoms. The number of nitrogens with one attached hydrogen (secondary N) is 2. The molecule has 0 radical (unpaired) electrons. The minimum absolute atomic E-state index is 0.0536. The SMILES string of the molecule is CC1(C(=N)N)CCN(C(=O)NCC(F)(F)F)CC1. The largest absolute Gasteiger partial charge is 0.405 e. The molecule has 0 bridgehead atoms. The molecule has 1 fully saturated rings. The second kappa shape index (κ2) is 5.03. The van der Waals surface area contributed by atoms with E-state index >= 15 is 0 Å². The van der Waals surface area contributed by atoms with Crippen LogP contribution >= 0.6 is 0 Å². The lowest BCUT2D eigenvalue weighted by molar-refractivity contribution is -0.123. The van der Waals surface area contributed by atoms with Crippen LogP contribution in [0.25, 0.3) is 0 Å². The number of hydrogen-bond acceptors (Lipinski definition) is 2. The van der Waals surface area contributed by atoms with E-state index < -0.39 is 24.2 Å². The van der Waals surface area contributed by atoms with Crippen LogP contribution in [0.3, 0.4) is 0 Å². The third-order valence-electron chi connectivity index (χ3n) is 3.24. The summed E-state index contributed by atoms with van der Waals surface area (Å²) in [5.74, 6) is 0.0536. The number of hydrogen-bond donors (Lipinski definition) is 3. The van der Waals surface area contributed by atoms with E-state index in [0.29, 0.717) is 25.9 Å². The zero-order valence-electron chi connectivity index (χ0n) is 10.1. The lowest BCUT2D eigenvalue weighted by Gasteiger charge is -2.38. The monoisotopic (exact) mass is 266 g/mol. The Morgan fingerprint density at radius 1 is 1.44 bits per heavy atom. The van der Waals surface area contributed by atoms with Crippen LogP contribution in [0, 0.1) is 10.8 Å². The van der Waals surface area contributed by atoms with Gasteiger partial charge in [-0.05, 0) is 12.8 Å². The van der Waals surface area contributed by atoms with Crippen molar-refractivity contribution in [1.29, 1.82) is 5.41 Å². The molecule has 1 aliphatic rings. The number of rotatable bonds is 2. The van der Waals surface area contributed by atoms with Gasteiger partial charge in [-0.25, -0.2) is 4.79 Å². The minimum Gasteiger partial charge on any atom is -0.387 e. The quantitative estimate of drug-likeness (QED) is 0.520. The Morgan fingerprint density at radius 3 is 2.33 bits per heavy atom. The van der Waals surface area contributed by atoms with E-state index in [1.807, 2.05) is 12.2 Å². The Balaban J connectivity index is 2.43. The van der Waals surface area contributed by atoms with Crippen molar-refractivity contribution in [3.05, 3.63) is 0 Å². The summed E-state index contributed by atoms with van der Waals surface area (Å²) in [5, 5.41) is 9.26. The summed E-state index contributed by atoms with van der Waals surface area (Å²) in [5.41, 5.74) is 5.00. The average Bonchev–Trinajstić information content (AvgIpc) is 2.26. The lowest BCUT2D eigenvalue weighted by atomic mass is 9.79. The maximum absolute atomic E-state index is 11.9. The van der Waals surface area contributed by atoms with Crippen molar-refractivity contribution >= 4 is 11.9 Å². The molecule has 104 valence electrons. The van der Waals surface area contributed by atoms with Crippen molar-refractivity contribution < 1.29 is 18.0 Å². The fourth-order valence-electron chi connectivity index (χ4n) is 1.76. The Kier molecular flexibility index (Phi) is 4.08. The third-order valence-corrected chi connectivity index (χ3v) is 3.24. The highest BCUT2D eigenvalue weighted by atomic mass is 19.4. The Hall–Kier alpha value is -1.47. The van der Waals surface area contributed by atoms with Crippen molar-refractivity contribution in [2.75, 3.05) is 19.6 Å². The molecule has 2 amide bonds. The Labute approximate surface area is 103 Å². The number of nitrogens with two attached hydrogens (primary N) is 1.